The number of hydrogen-bond acceptors (Lipinski definition) is 3. The summed E-state index contributed by atoms with van der Waals surface area (Å²) in [5.74, 6) is -0.296. The van der Waals surface area contributed by atoms with Gasteiger partial charge in [-0.05, 0) is 54.2 Å². The molecule has 3 rings (SSSR count). The lowest BCUT2D eigenvalue weighted by molar-refractivity contribution is 0.0697. The number of nitrogens with one attached hydrogen (secondary N) is 1. The molecule has 0 bridgehead atoms. The fourth-order valence-corrected chi connectivity index (χ4v) is 2.30. The van der Waals surface area contributed by atoms with Gasteiger partial charge < -0.3 is 9.84 Å². The third-order valence-electron chi connectivity index (χ3n) is 3.78. The van der Waals surface area contributed by atoms with Gasteiger partial charge in [0.05, 0.1) is 5.56 Å². The van der Waals surface area contributed by atoms with E-state index < -0.39 is 12.1 Å². The van der Waals surface area contributed by atoms with Gasteiger partial charge in [-0.15, -0.1) is 0 Å². The molecule has 0 aliphatic heterocycles. The average Bonchev–Trinajstić information content (AvgIpc) is 3.39. The van der Waals surface area contributed by atoms with Gasteiger partial charge >= 0.3 is 12.1 Å². The Bertz CT molecular complexity index is 703. The molecule has 5 heteroatoms. The molecule has 2 aromatic rings. The Balaban J connectivity index is 1.49. The van der Waals surface area contributed by atoms with Crippen LogP contribution in [0, 0.1) is 0 Å². The largest absolute Gasteiger partial charge is 0.478 e. The van der Waals surface area contributed by atoms with Gasteiger partial charge in [-0.3, -0.25) is 5.32 Å². The van der Waals surface area contributed by atoms with Crippen LogP contribution in [0.4, 0.5) is 10.5 Å². The van der Waals surface area contributed by atoms with Gasteiger partial charge in [0.2, 0.25) is 0 Å². The van der Waals surface area contributed by atoms with Crippen LogP contribution in [0.1, 0.15) is 40.2 Å². The van der Waals surface area contributed by atoms with E-state index in [4.69, 9.17) is 9.84 Å². The van der Waals surface area contributed by atoms with Crippen molar-refractivity contribution in [3.8, 4) is 0 Å². The van der Waals surface area contributed by atoms with Gasteiger partial charge in [-0.2, -0.15) is 0 Å². The fraction of sp³-hybridized carbons (Fsp3) is 0.222. The minimum atomic E-state index is -1.01. The highest BCUT2D eigenvalue weighted by molar-refractivity contribution is 5.89. The third kappa shape index (κ3) is 4.10. The van der Waals surface area contributed by atoms with Gasteiger partial charge in [0.1, 0.15) is 6.61 Å². The maximum absolute atomic E-state index is 11.7. The first-order valence-electron chi connectivity index (χ1n) is 7.48. The molecule has 0 aromatic heterocycles. The number of amides is 1. The lowest BCUT2D eigenvalue weighted by Gasteiger charge is -2.08. The van der Waals surface area contributed by atoms with Crippen LogP contribution in [0.2, 0.25) is 0 Å². The van der Waals surface area contributed by atoms with Crippen molar-refractivity contribution >= 4 is 17.7 Å². The molecule has 1 aliphatic rings. The van der Waals surface area contributed by atoms with Crippen molar-refractivity contribution in [1.82, 2.24) is 0 Å². The number of carbonyl (C=O) groups is 2. The number of carbonyl (C=O) groups excluding carboxylic acids is 1. The second-order valence-electron chi connectivity index (χ2n) is 5.60. The SMILES string of the molecule is O=C(Nc1ccc(C(=O)O)cc1)OCc1ccc(C2CC2)cc1. The molecule has 23 heavy (non-hydrogen) atoms. The van der Waals surface area contributed by atoms with Crippen LogP contribution in [0.15, 0.2) is 48.5 Å². The average molecular weight is 311 g/mol. The first-order chi connectivity index (χ1) is 11.1. The fourth-order valence-electron chi connectivity index (χ4n) is 2.30. The van der Waals surface area contributed by atoms with Crippen LogP contribution < -0.4 is 5.32 Å². The molecule has 1 saturated carbocycles. The summed E-state index contributed by atoms with van der Waals surface area (Å²) in [5, 5.41) is 11.4. The van der Waals surface area contributed by atoms with Crippen molar-refractivity contribution in [2.75, 3.05) is 5.32 Å². The van der Waals surface area contributed by atoms with E-state index >= 15 is 0 Å². The number of aromatic carboxylic acids is 1. The number of carboxylic acid groups (broad SMARTS) is 1. The van der Waals surface area contributed by atoms with E-state index in [2.05, 4.69) is 17.4 Å². The Morgan fingerprint density at radius 2 is 1.70 bits per heavy atom. The van der Waals surface area contributed by atoms with Crippen molar-refractivity contribution in [2.45, 2.75) is 25.4 Å². The number of hydrogen-bond donors (Lipinski definition) is 2. The Labute approximate surface area is 133 Å². The van der Waals surface area contributed by atoms with E-state index in [-0.39, 0.29) is 12.2 Å². The highest BCUT2D eigenvalue weighted by Gasteiger charge is 2.22. The molecule has 0 atom stereocenters. The van der Waals surface area contributed by atoms with Gasteiger partial charge in [-0.25, -0.2) is 9.59 Å². The summed E-state index contributed by atoms with van der Waals surface area (Å²) in [6, 6.07) is 14.0. The lowest BCUT2D eigenvalue weighted by atomic mass is 10.1. The van der Waals surface area contributed by atoms with E-state index in [1.165, 1.54) is 42.7 Å². The zero-order chi connectivity index (χ0) is 16.2. The Morgan fingerprint density at radius 3 is 2.26 bits per heavy atom. The molecule has 5 nitrogen and oxygen atoms in total. The van der Waals surface area contributed by atoms with Gasteiger partial charge in [0, 0.05) is 5.69 Å². The zero-order valence-electron chi connectivity index (χ0n) is 12.5. The third-order valence-corrected chi connectivity index (χ3v) is 3.78. The standard InChI is InChI=1S/C18H17NO4/c20-17(21)15-7-9-16(10-8-15)19-18(22)23-11-12-1-3-13(4-2-12)14-5-6-14/h1-4,7-10,14H,5-6,11H2,(H,19,22)(H,20,21). The van der Waals surface area contributed by atoms with Crippen LogP contribution in [0.25, 0.3) is 0 Å². The molecular formula is C18H17NO4. The summed E-state index contributed by atoms with van der Waals surface area (Å²) in [6.45, 7) is 0.198. The summed E-state index contributed by atoms with van der Waals surface area (Å²) in [7, 11) is 0. The Hall–Kier alpha value is -2.82. The van der Waals surface area contributed by atoms with E-state index in [1.54, 1.807) is 0 Å². The minimum absolute atomic E-state index is 0.166. The van der Waals surface area contributed by atoms with Gasteiger partial charge in [0.25, 0.3) is 0 Å². The van der Waals surface area contributed by atoms with E-state index in [9.17, 15) is 9.59 Å². The molecule has 2 aromatic carbocycles. The second-order valence-corrected chi connectivity index (χ2v) is 5.60. The van der Waals surface area contributed by atoms with Crippen LogP contribution in [-0.4, -0.2) is 17.2 Å². The minimum Gasteiger partial charge on any atom is -0.478 e. The number of carboxylic acids is 1. The first-order valence-corrected chi connectivity index (χ1v) is 7.48. The van der Waals surface area contributed by atoms with E-state index in [0.717, 1.165) is 5.56 Å². The zero-order valence-corrected chi connectivity index (χ0v) is 12.5. The number of rotatable bonds is 5. The number of anilines is 1. The maximum atomic E-state index is 11.7. The van der Waals surface area contributed by atoms with Crippen molar-refractivity contribution < 1.29 is 19.4 Å². The van der Waals surface area contributed by atoms with Gasteiger partial charge in [0.15, 0.2) is 0 Å². The molecule has 0 saturated heterocycles. The first kappa shape index (κ1) is 15.1. The van der Waals surface area contributed by atoms with Crippen LogP contribution >= 0.6 is 0 Å². The Kier molecular flexibility index (Phi) is 4.28. The molecular weight excluding hydrogens is 294 g/mol. The quantitative estimate of drug-likeness (QED) is 0.874. The molecule has 2 N–H and O–H groups in total. The van der Waals surface area contributed by atoms with Crippen molar-refractivity contribution in [3.05, 3.63) is 65.2 Å². The van der Waals surface area contributed by atoms with E-state index in [0.29, 0.717) is 11.6 Å². The summed E-state index contributed by atoms with van der Waals surface area (Å²) in [6.07, 6.45) is 1.96. The lowest BCUT2D eigenvalue weighted by Crippen LogP contribution is -2.13. The molecule has 0 unspecified atom stereocenters. The Morgan fingerprint density at radius 1 is 1.04 bits per heavy atom. The predicted molar refractivity (Wildman–Crippen MR) is 85.6 cm³/mol. The van der Waals surface area contributed by atoms with Crippen LogP contribution in [0.3, 0.4) is 0 Å². The molecule has 0 heterocycles. The van der Waals surface area contributed by atoms with Gasteiger partial charge in [-0.1, -0.05) is 24.3 Å². The normalized spacial score (nSPS) is 13.4. The molecule has 1 aliphatic carbocycles. The summed E-state index contributed by atoms with van der Waals surface area (Å²) in [5.41, 5.74) is 2.94. The smallest absolute Gasteiger partial charge is 0.411 e. The highest BCUT2D eigenvalue weighted by atomic mass is 16.5. The summed E-state index contributed by atoms with van der Waals surface area (Å²) >= 11 is 0. The maximum Gasteiger partial charge on any atom is 0.411 e. The van der Waals surface area contributed by atoms with Crippen molar-refractivity contribution in [2.24, 2.45) is 0 Å². The highest BCUT2D eigenvalue weighted by Crippen LogP contribution is 2.39. The molecule has 1 amide bonds. The second kappa shape index (κ2) is 6.52. The summed E-state index contributed by atoms with van der Waals surface area (Å²) < 4.78 is 5.16. The summed E-state index contributed by atoms with van der Waals surface area (Å²) in [4.78, 5) is 22.5. The van der Waals surface area contributed by atoms with E-state index in [1.807, 2.05) is 12.1 Å². The molecule has 118 valence electrons. The topological polar surface area (TPSA) is 75.6 Å². The molecule has 0 radical (unpaired) electrons. The molecule has 0 spiro atoms. The van der Waals surface area contributed by atoms with Crippen molar-refractivity contribution in [1.29, 1.82) is 0 Å². The van der Waals surface area contributed by atoms with Crippen LogP contribution in [0.5, 0.6) is 0 Å². The predicted octanol–water partition coefficient (Wildman–Crippen LogP) is 4.01. The van der Waals surface area contributed by atoms with Crippen molar-refractivity contribution in [3.63, 3.8) is 0 Å². The number of benzene rings is 2. The number of ether oxygens (including phenoxy) is 1. The molecule has 1 fully saturated rings. The monoisotopic (exact) mass is 311 g/mol. The van der Waals surface area contributed by atoms with Crippen LogP contribution in [-0.2, 0) is 11.3 Å².